The Bertz CT molecular complexity index is 318. The van der Waals surface area contributed by atoms with E-state index in [4.69, 9.17) is 4.42 Å². The molecule has 0 spiro atoms. The molecule has 2 rings (SSSR count). The summed E-state index contributed by atoms with van der Waals surface area (Å²) in [4.78, 5) is 0. The second-order valence-corrected chi connectivity index (χ2v) is 4.83. The lowest BCUT2D eigenvalue weighted by atomic mass is 10.1. The summed E-state index contributed by atoms with van der Waals surface area (Å²) >= 11 is 0. The smallest absolute Gasteiger partial charge is 0.108 e. The molecule has 3 heteroatoms. The minimum atomic E-state index is 0.836. The van der Waals surface area contributed by atoms with E-state index >= 15 is 0 Å². The van der Waals surface area contributed by atoms with Gasteiger partial charge in [0, 0.05) is 24.6 Å². The van der Waals surface area contributed by atoms with E-state index in [1.54, 1.807) is 0 Å². The van der Waals surface area contributed by atoms with Gasteiger partial charge in [-0.25, -0.2) is 0 Å². The van der Waals surface area contributed by atoms with Gasteiger partial charge in [0.25, 0.3) is 0 Å². The summed E-state index contributed by atoms with van der Waals surface area (Å²) in [5, 5.41) is 6.89. The van der Waals surface area contributed by atoms with Crippen molar-refractivity contribution >= 4 is 0 Å². The molecule has 0 saturated heterocycles. The number of rotatable bonds is 9. The number of furan rings is 1. The van der Waals surface area contributed by atoms with Gasteiger partial charge in [-0.05, 0) is 44.8 Å². The molecule has 0 atom stereocenters. The number of hydrogen-bond donors (Lipinski definition) is 2. The van der Waals surface area contributed by atoms with E-state index in [0.717, 1.165) is 37.9 Å². The molecule has 0 unspecified atom stereocenters. The van der Waals surface area contributed by atoms with Crippen molar-refractivity contribution in [3.8, 4) is 0 Å². The fraction of sp³-hybridized carbons (Fsp3) is 0.714. The van der Waals surface area contributed by atoms with Crippen LogP contribution < -0.4 is 10.6 Å². The van der Waals surface area contributed by atoms with Crippen LogP contribution in [-0.2, 0) is 13.0 Å². The summed E-state index contributed by atoms with van der Waals surface area (Å²) in [6.07, 6.45) is 8.10. The number of unbranched alkanes of at least 4 members (excludes halogenated alkanes) is 1. The van der Waals surface area contributed by atoms with Crippen LogP contribution in [0.25, 0.3) is 0 Å². The summed E-state index contributed by atoms with van der Waals surface area (Å²) in [7, 11) is 0. The fourth-order valence-electron chi connectivity index (χ4n) is 2.01. The van der Waals surface area contributed by atoms with Crippen LogP contribution in [-0.4, -0.2) is 19.1 Å². The predicted octanol–water partition coefficient (Wildman–Crippen LogP) is 2.46. The van der Waals surface area contributed by atoms with Crippen LogP contribution in [0.15, 0.2) is 16.7 Å². The molecule has 1 aromatic heterocycles. The monoisotopic (exact) mass is 236 g/mol. The Labute approximate surface area is 104 Å². The zero-order valence-electron chi connectivity index (χ0n) is 10.8. The minimum absolute atomic E-state index is 0.836. The van der Waals surface area contributed by atoms with Gasteiger partial charge in [-0.3, -0.25) is 0 Å². The first kappa shape index (κ1) is 12.7. The summed E-state index contributed by atoms with van der Waals surface area (Å²) in [6.45, 7) is 5.23. The van der Waals surface area contributed by atoms with Gasteiger partial charge in [0.1, 0.15) is 5.76 Å². The lowest BCUT2D eigenvalue weighted by molar-refractivity contribution is 0.487. The van der Waals surface area contributed by atoms with Crippen molar-refractivity contribution < 1.29 is 4.42 Å². The largest absolute Gasteiger partial charge is 0.469 e. The Morgan fingerprint density at radius 2 is 2.24 bits per heavy atom. The van der Waals surface area contributed by atoms with Crippen LogP contribution in [0.5, 0.6) is 0 Å². The number of nitrogens with one attached hydrogen (secondary N) is 2. The maximum Gasteiger partial charge on any atom is 0.108 e. The molecule has 0 radical (unpaired) electrons. The third-order valence-corrected chi connectivity index (χ3v) is 3.24. The van der Waals surface area contributed by atoms with E-state index in [0.29, 0.717) is 0 Å². The van der Waals surface area contributed by atoms with E-state index in [9.17, 15) is 0 Å². The van der Waals surface area contributed by atoms with Gasteiger partial charge in [-0.15, -0.1) is 0 Å². The third-order valence-electron chi connectivity index (χ3n) is 3.24. The topological polar surface area (TPSA) is 37.2 Å². The van der Waals surface area contributed by atoms with Crippen molar-refractivity contribution in [1.82, 2.24) is 10.6 Å². The van der Waals surface area contributed by atoms with Crippen LogP contribution in [0.2, 0.25) is 0 Å². The van der Waals surface area contributed by atoms with Crippen molar-refractivity contribution in [2.75, 3.05) is 13.1 Å². The molecule has 1 aromatic rings. The van der Waals surface area contributed by atoms with Crippen LogP contribution in [0.3, 0.4) is 0 Å². The fourth-order valence-corrected chi connectivity index (χ4v) is 2.01. The Hall–Kier alpha value is -0.800. The summed E-state index contributed by atoms with van der Waals surface area (Å²) < 4.78 is 5.54. The summed E-state index contributed by atoms with van der Waals surface area (Å²) in [5.41, 5.74) is 1.32. The van der Waals surface area contributed by atoms with Gasteiger partial charge in [-0.2, -0.15) is 0 Å². The Balaban J connectivity index is 1.61. The normalized spacial score (nSPS) is 15.4. The van der Waals surface area contributed by atoms with Crippen LogP contribution >= 0.6 is 0 Å². The molecule has 1 aliphatic carbocycles. The third kappa shape index (κ3) is 4.52. The average Bonchev–Trinajstić information content (AvgIpc) is 3.05. The van der Waals surface area contributed by atoms with Crippen LogP contribution in [0.1, 0.15) is 43.9 Å². The lowest BCUT2D eigenvalue weighted by Crippen LogP contribution is -2.17. The molecule has 1 fully saturated rings. The predicted molar refractivity (Wildman–Crippen MR) is 70.1 cm³/mol. The van der Waals surface area contributed by atoms with Gasteiger partial charge < -0.3 is 15.1 Å². The molecule has 0 bridgehead atoms. The quantitative estimate of drug-likeness (QED) is 0.647. The van der Waals surface area contributed by atoms with Gasteiger partial charge in [0.2, 0.25) is 0 Å². The van der Waals surface area contributed by atoms with Gasteiger partial charge in [0.05, 0.1) is 6.26 Å². The zero-order valence-corrected chi connectivity index (χ0v) is 10.8. The molecule has 0 amide bonds. The SMILES string of the molecule is CCNCc1ccoc1CCCCNC1CC1. The molecule has 2 N–H and O–H groups in total. The van der Waals surface area contributed by atoms with Crippen molar-refractivity contribution in [2.45, 2.75) is 51.6 Å². The first-order valence-electron chi connectivity index (χ1n) is 6.89. The van der Waals surface area contributed by atoms with Gasteiger partial charge in [-0.1, -0.05) is 6.92 Å². The number of aryl methyl sites for hydroxylation is 1. The van der Waals surface area contributed by atoms with E-state index in [1.807, 2.05) is 6.26 Å². The highest BCUT2D eigenvalue weighted by Crippen LogP contribution is 2.18. The second kappa shape index (κ2) is 6.82. The highest BCUT2D eigenvalue weighted by Gasteiger charge is 2.19. The lowest BCUT2D eigenvalue weighted by Gasteiger charge is -2.04. The molecule has 96 valence electrons. The second-order valence-electron chi connectivity index (χ2n) is 4.83. The first-order valence-corrected chi connectivity index (χ1v) is 6.89. The van der Waals surface area contributed by atoms with Crippen molar-refractivity contribution in [2.24, 2.45) is 0 Å². The number of hydrogen-bond acceptors (Lipinski definition) is 3. The van der Waals surface area contributed by atoms with Crippen LogP contribution in [0, 0.1) is 0 Å². The van der Waals surface area contributed by atoms with E-state index in [2.05, 4.69) is 23.6 Å². The Morgan fingerprint density at radius 3 is 3.00 bits per heavy atom. The van der Waals surface area contributed by atoms with Crippen LogP contribution in [0.4, 0.5) is 0 Å². The Kier molecular flexibility index (Phi) is 5.08. The first-order chi connectivity index (χ1) is 8.40. The molecule has 1 heterocycles. The highest BCUT2D eigenvalue weighted by atomic mass is 16.3. The molecule has 1 aliphatic rings. The average molecular weight is 236 g/mol. The molecular weight excluding hydrogens is 212 g/mol. The van der Waals surface area contributed by atoms with Crippen molar-refractivity contribution in [3.05, 3.63) is 23.7 Å². The van der Waals surface area contributed by atoms with E-state index < -0.39 is 0 Å². The highest BCUT2D eigenvalue weighted by molar-refractivity contribution is 5.16. The van der Waals surface area contributed by atoms with Crippen molar-refractivity contribution in [1.29, 1.82) is 0 Å². The maximum absolute atomic E-state index is 5.54. The molecule has 17 heavy (non-hydrogen) atoms. The standard InChI is InChI=1S/C14H24N2O/c1-2-15-11-12-8-10-17-14(12)5-3-4-9-16-13-6-7-13/h8,10,13,15-16H,2-7,9,11H2,1H3. The molecule has 1 saturated carbocycles. The van der Waals surface area contributed by atoms with Gasteiger partial charge in [0.15, 0.2) is 0 Å². The maximum atomic E-state index is 5.54. The molecule has 0 aromatic carbocycles. The van der Waals surface area contributed by atoms with E-state index in [1.165, 1.54) is 31.2 Å². The molecule has 3 nitrogen and oxygen atoms in total. The van der Waals surface area contributed by atoms with Gasteiger partial charge >= 0.3 is 0 Å². The summed E-state index contributed by atoms with van der Waals surface area (Å²) in [6, 6.07) is 2.92. The minimum Gasteiger partial charge on any atom is -0.469 e. The van der Waals surface area contributed by atoms with Crippen molar-refractivity contribution in [3.63, 3.8) is 0 Å². The van der Waals surface area contributed by atoms with E-state index in [-0.39, 0.29) is 0 Å². The zero-order chi connectivity index (χ0) is 11.9. The molecule has 0 aliphatic heterocycles. The molecular formula is C14H24N2O. The summed E-state index contributed by atoms with van der Waals surface area (Å²) in [5.74, 6) is 1.16. The Morgan fingerprint density at radius 1 is 1.35 bits per heavy atom.